The Morgan fingerprint density at radius 3 is 2.09 bits per heavy atom. The van der Waals surface area contributed by atoms with Crippen molar-refractivity contribution in [2.24, 2.45) is 29.6 Å². The summed E-state index contributed by atoms with van der Waals surface area (Å²) >= 11 is 0. The summed E-state index contributed by atoms with van der Waals surface area (Å²) in [6.07, 6.45) is 25.1. The number of halogens is 1. The Morgan fingerprint density at radius 2 is 1.36 bits per heavy atom. The maximum absolute atomic E-state index is 14.5. The molecule has 0 aromatic heterocycles. The maximum atomic E-state index is 14.5. The second-order valence-corrected chi connectivity index (χ2v) is 12.3. The molecule has 4 unspecified atom stereocenters. The minimum Gasteiger partial charge on any atom is -0.207 e. The zero-order valence-electron chi connectivity index (χ0n) is 21.8. The molecule has 0 saturated heterocycles. The van der Waals surface area contributed by atoms with Crippen LogP contribution in [0.25, 0.3) is 0 Å². The first-order valence-electron chi connectivity index (χ1n) is 14.9. The molecule has 186 valence electrons. The van der Waals surface area contributed by atoms with Crippen molar-refractivity contribution in [1.82, 2.24) is 0 Å². The molecule has 1 heteroatoms. The fraction of sp³-hybridized carbons (Fsp3) is 0.812. The van der Waals surface area contributed by atoms with E-state index in [0.29, 0.717) is 5.92 Å². The van der Waals surface area contributed by atoms with Gasteiger partial charge in [0.15, 0.2) is 0 Å². The van der Waals surface area contributed by atoms with Crippen molar-refractivity contribution in [2.75, 3.05) is 0 Å². The van der Waals surface area contributed by atoms with E-state index in [4.69, 9.17) is 0 Å². The van der Waals surface area contributed by atoms with Crippen molar-refractivity contribution in [3.05, 3.63) is 35.1 Å². The second kappa shape index (κ2) is 12.7. The lowest BCUT2D eigenvalue weighted by Gasteiger charge is -2.43. The van der Waals surface area contributed by atoms with Gasteiger partial charge in [-0.1, -0.05) is 103 Å². The highest BCUT2D eigenvalue weighted by molar-refractivity contribution is 5.27. The van der Waals surface area contributed by atoms with Crippen LogP contribution in [-0.4, -0.2) is 0 Å². The van der Waals surface area contributed by atoms with Gasteiger partial charge < -0.3 is 0 Å². The third kappa shape index (κ3) is 7.08. The molecule has 1 aromatic carbocycles. The number of unbranched alkanes of at least 4 members (excludes halogenated alkanes) is 2. The van der Waals surface area contributed by atoms with E-state index in [9.17, 15) is 4.39 Å². The highest BCUT2D eigenvalue weighted by atomic mass is 19.1. The summed E-state index contributed by atoms with van der Waals surface area (Å²) in [5.41, 5.74) is 2.18. The molecule has 3 saturated carbocycles. The number of benzene rings is 1. The van der Waals surface area contributed by atoms with Gasteiger partial charge in [-0.05, 0) is 91.2 Å². The van der Waals surface area contributed by atoms with Gasteiger partial charge in [0.05, 0.1) is 0 Å². The van der Waals surface area contributed by atoms with Crippen LogP contribution < -0.4 is 0 Å². The predicted octanol–water partition coefficient (Wildman–Crippen LogP) is 10.2. The van der Waals surface area contributed by atoms with Crippen LogP contribution >= 0.6 is 0 Å². The highest BCUT2D eigenvalue weighted by Gasteiger charge is 2.36. The van der Waals surface area contributed by atoms with Gasteiger partial charge in [0.2, 0.25) is 0 Å². The van der Waals surface area contributed by atoms with Gasteiger partial charge in [0.25, 0.3) is 0 Å². The van der Waals surface area contributed by atoms with Gasteiger partial charge in [0, 0.05) is 0 Å². The Bertz CT molecular complexity index is 700. The molecule has 0 aliphatic heterocycles. The topological polar surface area (TPSA) is 0 Å². The average molecular weight is 455 g/mol. The Kier molecular flexibility index (Phi) is 9.75. The van der Waals surface area contributed by atoms with Crippen LogP contribution in [0.1, 0.15) is 140 Å². The third-order valence-corrected chi connectivity index (χ3v) is 9.95. The van der Waals surface area contributed by atoms with Gasteiger partial charge >= 0.3 is 0 Å². The van der Waals surface area contributed by atoms with Crippen molar-refractivity contribution in [1.29, 1.82) is 0 Å². The van der Waals surface area contributed by atoms with E-state index in [2.05, 4.69) is 26.0 Å². The SMILES string of the molecule is CCCCCC1CCC(CCC2CCC3CC(c4ccc(CCC)c(F)c4)CCC3C2)CC1. The van der Waals surface area contributed by atoms with Crippen LogP contribution in [0.15, 0.2) is 18.2 Å². The molecule has 0 nitrogen and oxygen atoms in total. The first-order chi connectivity index (χ1) is 16.2. The molecule has 0 bridgehead atoms. The molecule has 4 rings (SSSR count). The molecular formula is C32H51F. The van der Waals surface area contributed by atoms with Gasteiger partial charge in [0.1, 0.15) is 5.82 Å². The van der Waals surface area contributed by atoms with E-state index in [0.717, 1.165) is 48.0 Å². The van der Waals surface area contributed by atoms with Crippen LogP contribution in [0.2, 0.25) is 0 Å². The Labute approximate surface area is 204 Å². The molecule has 0 spiro atoms. The van der Waals surface area contributed by atoms with Crippen LogP contribution in [0.4, 0.5) is 4.39 Å². The lowest BCUT2D eigenvalue weighted by atomic mass is 9.63. The van der Waals surface area contributed by atoms with E-state index < -0.39 is 0 Å². The monoisotopic (exact) mass is 454 g/mol. The summed E-state index contributed by atoms with van der Waals surface area (Å²) in [6.45, 7) is 4.45. The Morgan fingerprint density at radius 1 is 0.697 bits per heavy atom. The van der Waals surface area contributed by atoms with Gasteiger partial charge in [-0.15, -0.1) is 0 Å². The van der Waals surface area contributed by atoms with Crippen molar-refractivity contribution in [3.63, 3.8) is 0 Å². The summed E-state index contributed by atoms with van der Waals surface area (Å²) in [5.74, 6) is 5.57. The summed E-state index contributed by atoms with van der Waals surface area (Å²) in [5, 5.41) is 0. The molecule has 3 aliphatic carbocycles. The quantitative estimate of drug-likeness (QED) is 0.308. The molecule has 0 heterocycles. The molecule has 0 radical (unpaired) electrons. The van der Waals surface area contributed by atoms with Gasteiger partial charge in [-0.2, -0.15) is 0 Å². The van der Waals surface area contributed by atoms with E-state index in [1.54, 1.807) is 0 Å². The first-order valence-corrected chi connectivity index (χ1v) is 14.9. The summed E-state index contributed by atoms with van der Waals surface area (Å²) in [6, 6.07) is 6.18. The number of rotatable bonds is 10. The van der Waals surface area contributed by atoms with E-state index in [1.807, 2.05) is 6.07 Å². The number of hydrogen-bond donors (Lipinski definition) is 0. The highest BCUT2D eigenvalue weighted by Crippen LogP contribution is 2.49. The zero-order chi connectivity index (χ0) is 23.0. The molecule has 4 atom stereocenters. The molecule has 1 aromatic rings. The molecule has 3 fully saturated rings. The maximum Gasteiger partial charge on any atom is 0.126 e. The summed E-state index contributed by atoms with van der Waals surface area (Å²) < 4.78 is 14.5. The van der Waals surface area contributed by atoms with Crippen LogP contribution in [0.5, 0.6) is 0 Å². The average Bonchev–Trinajstić information content (AvgIpc) is 2.84. The molecule has 0 amide bonds. The van der Waals surface area contributed by atoms with Crippen LogP contribution in [-0.2, 0) is 6.42 Å². The lowest BCUT2D eigenvalue weighted by molar-refractivity contribution is 0.108. The van der Waals surface area contributed by atoms with Crippen LogP contribution in [0, 0.1) is 35.4 Å². The zero-order valence-corrected chi connectivity index (χ0v) is 21.8. The first kappa shape index (κ1) is 25.2. The molecule has 33 heavy (non-hydrogen) atoms. The standard InChI is InChI=1S/C32H51F/c1-3-5-6-8-24-9-11-25(12-10-24)13-14-26-15-16-29-22-30(20-19-28(29)21-26)31-18-17-27(7-4-2)32(33)23-31/h17-18,23-26,28-30H,3-16,19-22H2,1-2H3. The normalized spacial score (nSPS) is 32.5. The fourth-order valence-corrected chi connectivity index (χ4v) is 7.80. The Balaban J connectivity index is 1.17. The minimum atomic E-state index is 0.0372. The number of aryl methyl sites for hydroxylation is 1. The van der Waals surface area contributed by atoms with Crippen molar-refractivity contribution >= 4 is 0 Å². The second-order valence-electron chi connectivity index (χ2n) is 12.3. The minimum absolute atomic E-state index is 0.0372. The number of fused-ring (bicyclic) bond motifs is 1. The third-order valence-electron chi connectivity index (χ3n) is 9.95. The molecule has 3 aliphatic rings. The number of hydrogen-bond acceptors (Lipinski definition) is 0. The van der Waals surface area contributed by atoms with Crippen molar-refractivity contribution in [3.8, 4) is 0 Å². The molecule has 0 N–H and O–H groups in total. The van der Waals surface area contributed by atoms with E-state index >= 15 is 0 Å². The van der Waals surface area contributed by atoms with Gasteiger partial charge in [-0.25, -0.2) is 4.39 Å². The van der Waals surface area contributed by atoms with Crippen molar-refractivity contribution < 1.29 is 4.39 Å². The fourth-order valence-electron chi connectivity index (χ4n) is 7.80. The summed E-state index contributed by atoms with van der Waals surface area (Å²) in [7, 11) is 0. The summed E-state index contributed by atoms with van der Waals surface area (Å²) in [4.78, 5) is 0. The molecular weight excluding hydrogens is 403 g/mol. The van der Waals surface area contributed by atoms with Gasteiger partial charge in [-0.3, -0.25) is 0 Å². The predicted molar refractivity (Wildman–Crippen MR) is 140 cm³/mol. The van der Waals surface area contributed by atoms with Crippen molar-refractivity contribution in [2.45, 2.75) is 135 Å². The van der Waals surface area contributed by atoms with E-state index in [1.165, 1.54) is 108 Å². The smallest absolute Gasteiger partial charge is 0.126 e. The lowest BCUT2D eigenvalue weighted by Crippen LogP contribution is -2.30. The largest absolute Gasteiger partial charge is 0.207 e. The van der Waals surface area contributed by atoms with Crippen LogP contribution in [0.3, 0.4) is 0 Å². The Hall–Kier alpha value is -0.850. The van der Waals surface area contributed by atoms with E-state index in [-0.39, 0.29) is 5.82 Å².